The molecule has 0 saturated carbocycles. The van der Waals surface area contributed by atoms with Gasteiger partial charge in [0.25, 0.3) is 0 Å². The third-order valence-electron chi connectivity index (χ3n) is 7.46. The van der Waals surface area contributed by atoms with Crippen LogP contribution in [0.15, 0.2) is 128 Å². The summed E-state index contributed by atoms with van der Waals surface area (Å²) in [6, 6.07) is 24.3. The summed E-state index contributed by atoms with van der Waals surface area (Å²) in [7, 11) is 0. The Kier molecular flexibility index (Phi) is 9.73. The Hall–Kier alpha value is -3.51. The standard InChI is InChI=1S/C35H32Cl2N2O2S/c1-23-17-29(11-14-31(36)19-33(23)37)30-20-38-34(39(22-30)21-25-5-9-28(10-6-25)35(40)41)18-24-3-7-26(8-4-24)27-12-15-32(42-2)16-13-27/h3-10,12-13,15-17,19,22H,11,14,18,20-21H2,1-2H3,(H,40,41)/b29-17+,31-19+,33-23+. The fourth-order valence-corrected chi connectivity index (χ4v) is 5.87. The summed E-state index contributed by atoms with van der Waals surface area (Å²) in [4.78, 5) is 19.9. The predicted octanol–water partition coefficient (Wildman–Crippen LogP) is 9.47. The molecule has 1 N–H and O–H groups in total. The summed E-state index contributed by atoms with van der Waals surface area (Å²) < 4.78 is 0. The minimum Gasteiger partial charge on any atom is -0.478 e. The Morgan fingerprint density at radius 2 is 1.52 bits per heavy atom. The molecule has 0 atom stereocenters. The predicted molar refractivity (Wildman–Crippen MR) is 176 cm³/mol. The molecule has 0 saturated heterocycles. The Bertz CT molecular complexity index is 1620. The third kappa shape index (κ3) is 7.46. The molecule has 0 amide bonds. The Balaban J connectivity index is 1.40. The molecular weight excluding hydrogens is 583 g/mol. The lowest BCUT2D eigenvalue weighted by Gasteiger charge is -2.29. The minimum absolute atomic E-state index is 0.273. The zero-order valence-electron chi connectivity index (χ0n) is 23.6. The van der Waals surface area contributed by atoms with E-state index in [0.29, 0.717) is 31.0 Å². The van der Waals surface area contributed by atoms with E-state index in [1.165, 1.54) is 27.2 Å². The molecule has 2 aliphatic rings. The number of benzene rings is 3. The van der Waals surface area contributed by atoms with Gasteiger partial charge in [-0.15, -0.1) is 11.8 Å². The molecule has 0 unspecified atom stereocenters. The second-order valence-electron chi connectivity index (χ2n) is 10.4. The molecule has 3 aromatic carbocycles. The van der Waals surface area contributed by atoms with Crippen molar-refractivity contribution in [2.45, 2.75) is 37.6 Å². The molecule has 214 valence electrons. The second kappa shape index (κ2) is 13.6. The van der Waals surface area contributed by atoms with Crippen molar-refractivity contribution >= 4 is 46.8 Å². The van der Waals surface area contributed by atoms with Crippen molar-refractivity contribution in [3.8, 4) is 11.1 Å². The van der Waals surface area contributed by atoms with Crippen LogP contribution in [-0.2, 0) is 13.0 Å². The van der Waals surface area contributed by atoms with E-state index in [9.17, 15) is 9.90 Å². The number of allylic oxidation sites excluding steroid dienone is 5. The first kappa shape index (κ1) is 30.0. The number of carbonyl (C=O) groups is 1. The number of thioether (sulfide) groups is 1. The van der Waals surface area contributed by atoms with Gasteiger partial charge in [0.1, 0.15) is 5.84 Å². The molecule has 0 fully saturated rings. The van der Waals surface area contributed by atoms with Crippen LogP contribution in [0, 0.1) is 0 Å². The minimum atomic E-state index is -0.932. The van der Waals surface area contributed by atoms with Gasteiger partial charge in [-0.05, 0) is 95.3 Å². The quantitative estimate of drug-likeness (QED) is 0.257. The summed E-state index contributed by atoms with van der Waals surface area (Å²) in [5.74, 6) is 0.0337. The highest BCUT2D eigenvalue weighted by Crippen LogP contribution is 2.31. The van der Waals surface area contributed by atoms with Crippen molar-refractivity contribution in [1.82, 2.24) is 4.90 Å². The van der Waals surface area contributed by atoms with Crippen LogP contribution in [0.3, 0.4) is 0 Å². The molecule has 1 aliphatic carbocycles. The highest BCUT2D eigenvalue weighted by atomic mass is 35.5. The first-order valence-electron chi connectivity index (χ1n) is 13.8. The summed E-state index contributed by atoms with van der Waals surface area (Å²) in [5, 5.41) is 10.7. The summed E-state index contributed by atoms with van der Waals surface area (Å²) in [6.07, 6.45) is 10.4. The lowest BCUT2D eigenvalue weighted by atomic mass is 9.96. The van der Waals surface area contributed by atoms with Gasteiger partial charge in [0.2, 0.25) is 0 Å². The van der Waals surface area contributed by atoms with Gasteiger partial charge in [-0.2, -0.15) is 0 Å². The van der Waals surface area contributed by atoms with Crippen LogP contribution in [0.4, 0.5) is 0 Å². The van der Waals surface area contributed by atoms with Crippen molar-refractivity contribution in [1.29, 1.82) is 0 Å². The number of amidine groups is 1. The van der Waals surface area contributed by atoms with Crippen molar-refractivity contribution in [3.05, 3.63) is 135 Å². The van der Waals surface area contributed by atoms with Crippen LogP contribution in [0.5, 0.6) is 0 Å². The fourth-order valence-electron chi connectivity index (χ4n) is 5.01. The highest BCUT2D eigenvalue weighted by molar-refractivity contribution is 7.98. The van der Waals surface area contributed by atoms with Gasteiger partial charge in [0.05, 0.1) is 12.1 Å². The number of aromatic carboxylic acids is 1. The van der Waals surface area contributed by atoms with Gasteiger partial charge in [-0.25, -0.2) is 4.79 Å². The van der Waals surface area contributed by atoms with Gasteiger partial charge < -0.3 is 10.0 Å². The number of nitrogens with zero attached hydrogens (tertiary/aromatic N) is 2. The first-order valence-corrected chi connectivity index (χ1v) is 15.8. The van der Waals surface area contributed by atoms with E-state index < -0.39 is 5.97 Å². The van der Waals surface area contributed by atoms with Crippen LogP contribution >= 0.6 is 35.0 Å². The molecule has 5 rings (SSSR count). The molecule has 3 aromatic rings. The van der Waals surface area contributed by atoms with Gasteiger partial charge in [-0.3, -0.25) is 4.99 Å². The number of halogens is 2. The monoisotopic (exact) mass is 614 g/mol. The van der Waals surface area contributed by atoms with E-state index in [2.05, 4.69) is 72.0 Å². The maximum Gasteiger partial charge on any atom is 0.335 e. The molecule has 1 aliphatic heterocycles. The van der Waals surface area contributed by atoms with Crippen LogP contribution in [-0.4, -0.2) is 34.6 Å². The summed E-state index contributed by atoms with van der Waals surface area (Å²) >= 11 is 14.6. The summed E-state index contributed by atoms with van der Waals surface area (Å²) in [6.45, 7) is 3.14. The zero-order valence-corrected chi connectivity index (χ0v) is 25.9. The van der Waals surface area contributed by atoms with Crippen molar-refractivity contribution in [2.75, 3.05) is 12.8 Å². The maximum absolute atomic E-state index is 11.4. The van der Waals surface area contributed by atoms with Gasteiger partial charge in [-0.1, -0.05) is 77.8 Å². The van der Waals surface area contributed by atoms with E-state index in [1.807, 2.05) is 25.1 Å². The number of rotatable bonds is 8. The fraction of sp³-hybridized carbons (Fsp3) is 0.200. The molecule has 7 heteroatoms. The van der Waals surface area contributed by atoms with Crippen LogP contribution in [0.25, 0.3) is 11.1 Å². The largest absolute Gasteiger partial charge is 0.478 e. The molecule has 42 heavy (non-hydrogen) atoms. The topological polar surface area (TPSA) is 52.9 Å². The van der Waals surface area contributed by atoms with E-state index >= 15 is 0 Å². The van der Waals surface area contributed by atoms with Crippen molar-refractivity contribution in [2.24, 2.45) is 4.99 Å². The molecule has 4 nitrogen and oxygen atoms in total. The Morgan fingerprint density at radius 1 is 0.881 bits per heavy atom. The number of carboxylic acids is 1. The normalized spacial score (nSPS) is 20.0. The van der Waals surface area contributed by atoms with Crippen LogP contribution < -0.4 is 0 Å². The maximum atomic E-state index is 11.4. The van der Waals surface area contributed by atoms with E-state index in [0.717, 1.165) is 34.0 Å². The van der Waals surface area contributed by atoms with E-state index in [4.69, 9.17) is 28.2 Å². The Labute approximate surface area is 261 Å². The SMILES string of the molecule is CSc1ccc(-c2ccc(CC3=NCC(/C4=C/C(C)=C(Cl)\C=C(\Cl)CC4)=CN3Cc3ccc(C(=O)O)cc3)cc2)cc1. The van der Waals surface area contributed by atoms with Crippen LogP contribution in [0.2, 0.25) is 0 Å². The zero-order chi connectivity index (χ0) is 29.6. The van der Waals surface area contributed by atoms with E-state index in [-0.39, 0.29) is 5.56 Å². The van der Waals surface area contributed by atoms with Gasteiger partial charge in [0.15, 0.2) is 0 Å². The van der Waals surface area contributed by atoms with Crippen molar-refractivity contribution in [3.63, 3.8) is 0 Å². The molecular formula is C35H32Cl2N2O2S. The van der Waals surface area contributed by atoms with Crippen molar-refractivity contribution < 1.29 is 9.90 Å². The summed E-state index contributed by atoms with van der Waals surface area (Å²) in [5.41, 5.74) is 8.09. The molecule has 0 spiro atoms. The lowest BCUT2D eigenvalue weighted by molar-refractivity contribution is 0.0697. The molecule has 0 bridgehead atoms. The van der Waals surface area contributed by atoms with Crippen LogP contribution in [0.1, 0.15) is 41.3 Å². The molecule has 0 aromatic heterocycles. The number of hydrogen-bond donors (Lipinski definition) is 1. The third-order valence-corrected chi connectivity index (χ3v) is 8.91. The van der Waals surface area contributed by atoms with E-state index in [1.54, 1.807) is 23.9 Å². The first-order chi connectivity index (χ1) is 20.3. The number of aliphatic imine (C=N–C) groups is 1. The lowest BCUT2D eigenvalue weighted by Crippen LogP contribution is -2.31. The second-order valence-corrected chi connectivity index (χ2v) is 12.2. The highest BCUT2D eigenvalue weighted by Gasteiger charge is 2.20. The Morgan fingerprint density at radius 3 is 2.17 bits per heavy atom. The number of hydrogen-bond acceptors (Lipinski definition) is 4. The molecule has 1 heterocycles. The average Bonchev–Trinajstić information content (AvgIpc) is 3.00. The van der Waals surface area contributed by atoms with Gasteiger partial charge >= 0.3 is 5.97 Å². The number of carboxylic acid groups (broad SMARTS) is 1. The average molecular weight is 616 g/mol. The van der Waals surface area contributed by atoms with Gasteiger partial charge in [0, 0.05) is 34.1 Å². The smallest absolute Gasteiger partial charge is 0.335 e. The molecule has 0 radical (unpaired) electrons.